The molecule has 0 spiro atoms. The number of carboxylic acid groups (broad SMARTS) is 1. The Balaban J connectivity index is 1.82. The van der Waals surface area contributed by atoms with Crippen LogP contribution in [0.25, 0.3) is 0 Å². The summed E-state index contributed by atoms with van der Waals surface area (Å²) in [6.45, 7) is 0.519. The van der Waals surface area contributed by atoms with Crippen LogP contribution in [-0.4, -0.2) is 40.1 Å². The van der Waals surface area contributed by atoms with E-state index in [0.29, 0.717) is 12.2 Å². The van der Waals surface area contributed by atoms with Gasteiger partial charge in [-0.25, -0.2) is 4.79 Å². The first-order chi connectivity index (χ1) is 11.1. The van der Waals surface area contributed by atoms with E-state index in [1.54, 1.807) is 24.5 Å². The molecule has 6 nitrogen and oxygen atoms in total. The van der Waals surface area contributed by atoms with Crippen molar-refractivity contribution in [2.45, 2.75) is 5.92 Å². The monoisotopic (exact) mass is 311 g/mol. The minimum absolute atomic E-state index is 0.149. The predicted molar refractivity (Wildman–Crippen MR) is 85.1 cm³/mol. The molecule has 2 unspecified atom stereocenters. The molecule has 3 rings (SSSR count). The highest BCUT2D eigenvalue weighted by Crippen LogP contribution is 2.33. The third kappa shape index (κ3) is 3.31. The number of nitrogens with zero attached hydrogens (tertiary/aromatic N) is 2. The van der Waals surface area contributed by atoms with Gasteiger partial charge in [0.05, 0.1) is 17.8 Å². The summed E-state index contributed by atoms with van der Waals surface area (Å²) in [5.41, 5.74) is 1.58. The minimum Gasteiger partial charge on any atom is -0.465 e. The Kier molecular flexibility index (Phi) is 4.23. The Morgan fingerprint density at radius 2 is 1.91 bits per heavy atom. The number of anilines is 1. The van der Waals surface area contributed by atoms with Crippen molar-refractivity contribution < 1.29 is 14.7 Å². The molecule has 2 amide bonds. The average molecular weight is 311 g/mol. The largest absolute Gasteiger partial charge is 0.465 e. The fourth-order valence-corrected chi connectivity index (χ4v) is 2.94. The Morgan fingerprint density at radius 1 is 1.13 bits per heavy atom. The number of carbonyl (C=O) groups excluding carboxylic acids is 1. The van der Waals surface area contributed by atoms with Gasteiger partial charge in [-0.2, -0.15) is 0 Å². The van der Waals surface area contributed by atoms with Crippen molar-refractivity contribution in [3.05, 3.63) is 60.4 Å². The van der Waals surface area contributed by atoms with Crippen molar-refractivity contribution in [1.82, 2.24) is 9.88 Å². The lowest BCUT2D eigenvalue weighted by atomic mass is 9.88. The predicted octanol–water partition coefficient (Wildman–Crippen LogP) is 2.41. The SMILES string of the molecule is O=C(Nc1cccnc1)C1CN(C(=O)O)CC1c1ccccc1. The molecule has 1 saturated heterocycles. The van der Waals surface area contributed by atoms with Crippen LogP contribution in [-0.2, 0) is 4.79 Å². The van der Waals surface area contributed by atoms with Crippen LogP contribution in [0.4, 0.5) is 10.5 Å². The molecule has 0 bridgehead atoms. The van der Waals surface area contributed by atoms with E-state index >= 15 is 0 Å². The zero-order valence-electron chi connectivity index (χ0n) is 12.4. The number of aromatic nitrogens is 1. The van der Waals surface area contributed by atoms with Gasteiger partial charge in [-0.05, 0) is 17.7 Å². The molecule has 2 atom stereocenters. The Hall–Kier alpha value is -2.89. The topological polar surface area (TPSA) is 82.5 Å². The van der Waals surface area contributed by atoms with Gasteiger partial charge in [0, 0.05) is 25.2 Å². The number of hydrogen-bond donors (Lipinski definition) is 2. The summed E-state index contributed by atoms with van der Waals surface area (Å²) in [5.74, 6) is -0.756. The van der Waals surface area contributed by atoms with Crippen LogP contribution in [0.15, 0.2) is 54.9 Å². The maximum atomic E-state index is 12.6. The molecule has 6 heteroatoms. The molecule has 1 aromatic heterocycles. The van der Waals surface area contributed by atoms with Crippen molar-refractivity contribution in [3.8, 4) is 0 Å². The average Bonchev–Trinajstić information content (AvgIpc) is 3.02. The van der Waals surface area contributed by atoms with E-state index in [0.717, 1.165) is 5.56 Å². The van der Waals surface area contributed by atoms with Crippen molar-refractivity contribution in [2.24, 2.45) is 5.92 Å². The minimum atomic E-state index is -0.998. The summed E-state index contributed by atoms with van der Waals surface area (Å²) < 4.78 is 0. The van der Waals surface area contributed by atoms with Crippen LogP contribution in [0.5, 0.6) is 0 Å². The van der Waals surface area contributed by atoms with Crippen LogP contribution in [0.2, 0.25) is 0 Å². The second-order valence-electron chi connectivity index (χ2n) is 5.54. The number of rotatable bonds is 3. The van der Waals surface area contributed by atoms with Crippen LogP contribution in [0, 0.1) is 5.92 Å². The van der Waals surface area contributed by atoms with Gasteiger partial charge in [0.15, 0.2) is 0 Å². The van der Waals surface area contributed by atoms with Crippen molar-refractivity contribution in [1.29, 1.82) is 0 Å². The summed E-state index contributed by atoms with van der Waals surface area (Å²) in [4.78, 5) is 29.2. The summed E-state index contributed by atoms with van der Waals surface area (Å²) in [5, 5.41) is 12.1. The molecule has 1 aromatic carbocycles. The first-order valence-corrected chi connectivity index (χ1v) is 7.39. The zero-order chi connectivity index (χ0) is 16.2. The highest BCUT2D eigenvalue weighted by Gasteiger charge is 2.40. The highest BCUT2D eigenvalue weighted by atomic mass is 16.4. The third-order valence-corrected chi connectivity index (χ3v) is 4.08. The number of nitrogens with one attached hydrogen (secondary N) is 1. The Labute approximate surface area is 133 Å². The van der Waals surface area contributed by atoms with E-state index in [1.807, 2.05) is 30.3 Å². The molecule has 1 fully saturated rings. The molecule has 2 aromatic rings. The van der Waals surface area contributed by atoms with Gasteiger partial charge in [-0.3, -0.25) is 9.78 Å². The molecule has 2 N–H and O–H groups in total. The van der Waals surface area contributed by atoms with E-state index in [1.165, 1.54) is 4.90 Å². The molecule has 1 aliphatic rings. The Morgan fingerprint density at radius 3 is 2.57 bits per heavy atom. The van der Waals surface area contributed by atoms with E-state index in [9.17, 15) is 14.7 Å². The molecular weight excluding hydrogens is 294 g/mol. The molecule has 2 heterocycles. The smallest absolute Gasteiger partial charge is 0.407 e. The van der Waals surface area contributed by atoms with E-state index in [-0.39, 0.29) is 18.4 Å². The number of amides is 2. The van der Waals surface area contributed by atoms with Crippen molar-refractivity contribution >= 4 is 17.7 Å². The van der Waals surface area contributed by atoms with Gasteiger partial charge in [-0.1, -0.05) is 30.3 Å². The lowest BCUT2D eigenvalue weighted by Crippen LogP contribution is -2.30. The van der Waals surface area contributed by atoms with E-state index in [2.05, 4.69) is 10.3 Å². The summed E-state index contributed by atoms with van der Waals surface area (Å²) >= 11 is 0. The summed E-state index contributed by atoms with van der Waals surface area (Å²) in [6, 6.07) is 13.1. The molecule has 0 saturated carbocycles. The number of pyridine rings is 1. The zero-order valence-corrected chi connectivity index (χ0v) is 12.4. The van der Waals surface area contributed by atoms with Gasteiger partial charge in [0.25, 0.3) is 0 Å². The van der Waals surface area contributed by atoms with Gasteiger partial charge >= 0.3 is 6.09 Å². The molecule has 118 valence electrons. The van der Waals surface area contributed by atoms with Crippen LogP contribution >= 0.6 is 0 Å². The lowest BCUT2D eigenvalue weighted by molar-refractivity contribution is -0.119. The molecule has 23 heavy (non-hydrogen) atoms. The second-order valence-corrected chi connectivity index (χ2v) is 5.54. The summed E-state index contributed by atoms with van der Waals surface area (Å²) in [6.07, 6.45) is 2.20. The molecule has 1 aliphatic heterocycles. The number of benzene rings is 1. The summed E-state index contributed by atoms with van der Waals surface area (Å²) in [7, 11) is 0. The maximum Gasteiger partial charge on any atom is 0.407 e. The number of carbonyl (C=O) groups is 2. The van der Waals surface area contributed by atoms with Crippen LogP contribution < -0.4 is 5.32 Å². The first-order valence-electron chi connectivity index (χ1n) is 7.39. The Bertz CT molecular complexity index is 691. The van der Waals surface area contributed by atoms with E-state index < -0.39 is 12.0 Å². The molecular formula is C17H17N3O3. The quantitative estimate of drug-likeness (QED) is 0.912. The normalized spacial score (nSPS) is 20.3. The van der Waals surface area contributed by atoms with E-state index in [4.69, 9.17) is 0 Å². The molecule has 0 aliphatic carbocycles. The number of likely N-dealkylation sites (tertiary alicyclic amines) is 1. The van der Waals surface area contributed by atoms with Crippen molar-refractivity contribution in [3.63, 3.8) is 0 Å². The lowest BCUT2D eigenvalue weighted by Gasteiger charge is -2.18. The third-order valence-electron chi connectivity index (χ3n) is 4.08. The number of hydrogen-bond acceptors (Lipinski definition) is 3. The molecule has 0 radical (unpaired) electrons. The van der Waals surface area contributed by atoms with Gasteiger partial charge < -0.3 is 15.3 Å². The first kappa shape index (κ1) is 15.0. The van der Waals surface area contributed by atoms with Crippen LogP contribution in [0.3, 0.4) is 0 Å². The fourth-order valence-electron chi connectivity index (χ4n) is 2.94. The van der Waals surface area contributed by atoms with Gasteiger partial charge in [0.1, 0.15) is 0 Å². The fraction of sp³-hybridized carbons (Fsp3) is 0.235. The standard InChI is InChI=1S/C17H17N3O3/c21-16(19-13-7-4-8-18-9-13)15-11-20(17(22)23)10-14(15)12-5-2-1-3-6-12/h1-9,14-15H,10-11H2,(H,19,21)(H,22,23). The van der Waals surface area contributed by atoms with Crippen LogP contribution in [0.1, 0.15) is 11.5 Å². The van der Waals surface area contributed by atoms with Gasteiger partial charge in [-0.15, -0.1) is 0 Å². The maximum absolute atomic E-state index is 12.6. The van der Waals surface area contributed by atoms with Crippen molar-refractivity contribution in [2.75, 3.05) is 18.4 Å². The second kappa shape index (κ2) is 6.48. The highest BCUT2D eigenvalue weighted by molar-refractivity contribution is 5.93. The van der Waals surface area contributed by atoms with Gasteiger partial charge in [0.2, 0.25) is 5.91 Å².